The van der Waals surface area contributed by atoms with Crippen molar-refractivity contribution in [2.75, 3.05) is 28.4 Å². The van der Waals surface area contributed by atoms with Gasteiger partial charge >= 0.3 is 45.2 Å². The summed E-state index contributed by atoms with van der Waals surface area (Å²) < 4.78 is 53.2. The molecule has 0 aromatic heterocycles. The van der Waals surface area contributed by atoms with Crippen LogP contribution < -0.4 is 18.9 Å². The number of phosphoric acid groups is 2. The van der Waals surface area contributed by atoms with E-state index < -0.39 is 21.7 Å². The third kappa shape index (κ3) is 8.45. The summed E-state index contributed by atoms with van der Waals surface area (Å²) >= 11 is 0. The van der Waals surface area contributed by atoms with Gasteiger partial charge in [0.2, 0.25) is 5.75 Å². The second kappa shape index (κ2) is 12.4. The first-order valence-corrected chi connectivity index (χ1v) is 11.9. The van der Waals surface area contributed by atoms with Crippen molar-refractivity contribution in [3.63, 3.8) is 0 Å². The molecule has 0 aliphatic heterocycles. The molecule has 33 heavy (non-hydrogen) atoms. The van der Waals surface area contributed by atoms with Crippen LogP contribution >= 0.6 is 15.6 Å². The number of hydrogen-bond acceptors (Lipinski definition) is 9. The average Bonchev–Trinajstić information content (AvgIpc) is 2.70. The van der Waals surface area contributed by atoms with Gasteiger partial charge in [0.1, 0.15) is 0 Å². The Balaban J connectivity index is 0.00000544. The number of benzene rings is 2. The SMILES string of the molecule is COc1ccc(C[C@@H](OP(=O)(O)OP(=O)(O)O)c2cc(OC)c(OC)c(OC)c2)cc1O.[NaH]. The van der Waals surface area contributed by atoms with Crippen LogP contribution in [0, 0.1) is 0 Å². The van der Waals surface area contributed by atoms with Crippen molar-refractivity contribution in [3.05, 3.63) is 41.5 Å². The molecule has 0 heterocycles. The Morgan fingerprint density at radius 2 is 1.39 bits per heavy atom. The van der Waals surface area contributed by atoms with E-state index >= 15 is 0 Å². The van der Waals surface area contributed by atoms with Gasteiger partial charge in [0.25, 0.3) is 0 Å². The second-order valence-corrected chi connectivity index (χ2v) is 9.09. The van der Waals surface area contributed by atoms with E-state index in [1.165, 1.54) is 52.7 Å². The van der Waals surface area contributed by atoms with Crippen molar-refractivity contribution in [1.29, 1.82) is 0 Å². The second-order valence-electron chi connectivity index (χ2n) is 6.30. The Morgan fingerprint density at radius 1 is 0.848 bits per heavy atom. The van der Waals surface area contributed by atoms with Gasteiger partial charge < -0.3 is 38.7 Å². The Bertz CT molecular complexity index is 1020. The monoisotopic (exact) mass is 518 g/mol. The number of methoxy groups -OCH3 is 4. The minimum atomic E-state index is -5.34. The summed E-state index contributed by atoms with van der Waals surface area (Å²) in [4.78, 5) is 27.8. The van der Waals surface area contributed by atoms with Crippen LogP contribution in [0.1, 0.15) is 17.2 Å². The third-order valence-electron chi connectivity index (χ3n) is 4.19. The van der Waals surface area contributed by atoms with Crippen LogP contribution in [0.15, 0.2) is 30.3 Å². The number of hydrogen-bond donors (Lipinski definition) is 4. The summed E-state index contributed by atoms with van der Waals surface area (Å²) in [6, 6.07) is 7.26. The van der Waals surface area contributed by atoms with Crippen LogP contribution in [0.5, 0.6) is 28.7 Å². The van der Waals surface area contributed by atoms with Crippen molar-refractivity contribution < 1.29 is 56.7 Å². The fraction of sp³-hybridized carbons (Fsp3) is 0.333. The van der Waals surface area contributed by atoms with Gasteiger partial charge in [-0.2, -0.15) is 4.31 Å². The maximum atomic E-state index is 12.3. The van der Waals surface area contributed by atoms with Gasteiger partial charge in [-0.15, -0.1) is 0 Å². The van der Waals surface area contributed by atoms with Crippen molar-refractivity contribution in [2.24, 2.45) is 0 Å². The zero-order valence-electron chi connectivity index (χ0n) is 17.6. The minimum absolute atomic E-state index is 0. The number of aromatic hydroxyl groups is 1. The Kier molecular flexibility index (Phi) is 11.2. The predicted molar refractivity (Wildman–Crippen MR) is 118 cm³/mol. The zero-order valence-corrected chi connectivity index (χ0v) is 19.4. The molecule has 0 saturated heterocycles. The Morgan fingerprint density at radius 3 is 1.82 bits per heavy atom. The molecule has 0 radical (unpaired) electrons. The molecule has 4 N–H and O–H groups in total. The van der Waals surface area contributed by atoms with Crippen LogP contribution in [0.2, 0.25) is 0 Å². The summed E-state index contributed by atoms with van der Waals surface area (Å²) in [5.74, 6) is 0.676. The van der Waals surface area contributed by atoms with Crippen LogP contribution in [-0.2, 0) is 24.4 Å². The van der Waals surface area contributed by atoms with Gasteiger partial charge in [0, 0.05) is 6.42 Å². The fourth-order valence-electron chi connectivity index (χ4n) is 2.89. The summed E-state index contributed by atoms with van der Waals surface area (Å²) in [5, 5.41) is 10.0. The fourth-order valence-corrected chi connectivity index (χ4v) is 4.64. The normalized spacial score (nSPS) is 13.9. The molecule has 1 unspecified atom stereocenters. The average molecular weight is 518 g/mol. The molecule has 0 aliphatic rings. The molecule has 2 rings (SSSR count). The number of ether oxygens (including phenoxy) is 4. The first-order valence-electron chi connectivity index (χ1n) is 8.86. The van der Waals surface area contributed by atoms with Crippen molar-refractivity contribution in [1.82, 2.24) is 0 Å². The summed E-state index contributed by atoms with van der Waals surface area (Å²) in [6.45, 7) is 0. The van der Waals surface area contributed by atoms with Crippen LogP contribution in [0.4, 0.5) is 0 Å². The van der Waals surface area contributed by atoms with Gasteiger partial charge in [0.05, 0.1) is 34.5 Å². The van der Waals surface area contributed by atoms with Crippen molar-refractivity contribution >= 4 is 45.2 Å². The van der Waals surface area contributed by atoms with E-state index in [-0.39, 0.29) is 70.3 Å². The van der Waals surface area contributed by atoms with E-state index in [4.69, 9.17) is 33.3 Å². The van der Waals surface area contributed by atoms with Crippen molar-refractivity contribution in [2.45, 2.75) is 12.5 Å². The molecule has 2 aromatic carbocycles. The van der Waals surface area contributed by atoms with E-state index in [0.29, 0.717) is 5.56 Å². The van der Waals surface area contributed by atoms with E-state index in [1.807, 2.05) is 0 Å². The molecule has 2 atom stereocenters. The molecular formula is C18H25NaO12P2. The maximum absolute atomic E-state index is 12.3. The van der Waals surface area contributed by atoms with E-state index in [0.717, 1.165) is 0 Å². The van der Waals surface area contributed by atoms with E-state index in [9.17, 15) is 19.1 Å². The van der Waals surface area contributed by atoms with E-state index in [1.54, 1.807) is 6.07 Å². The van der Waals surface area contributed by atoms with Crippen molar-refractivity contribution in [3.8, 4) is 28.7 Å². The summed E-state index contributed by atoms with van der Waals surface area (Å²) in [7, 11) is -5.07. The van der Waals surface area contributed by atoms with Gasteiger partial charge in [-0.1, -0.05) is 6.07 Å². The zero-order chi connectivity index (χ0) is 24.1. The van der Waals surface area contributed by atoms with Crippen LogP contribution in [0.25, 0.3) is 0 Å². The molecular weight excluding hydrogens is 493 g/mol. The number of phosphoric ester groups is 1. The Hall–Kier alpha value is -1.30. The van der Waals surface area contributed by atoms with E-state index in [2.05, 4.69) is 4.31 Å². The molecule has 0 spiro atoms. The molecule has 12 nitrogen and oxygen atoms in total. The quantitative estimate of drug-likeness (QED) is 0.253. The van der Waals surface area contributed by atoms with Gasteiger partial charge in [-0.3, -0.25) is 4.52 Å². The predicted octanol–water partition coefficient (Wildman–Crippen LogP) is 2.29. The first kappa shape index (κ1) is 29.7. The number of phenolic OH excluding ortho intramolecular Hbond substituents is 1. The molecule has 0 aliphatic carbocycles. The topological polar surface area (TPSA) is 170 Å². The van der Waals surface area contributed by atoms with Crippen LogP contribution in [0.3, 0.4) is 0 Å². The molecule has 2 aromatic rings. The first-order chi connectivity index (χ1) is 14.9. The molecule has 0 amide bonds. The molecule has 15 heteroatoms. The van der Waals surface area contributed by atoms with Gasteiger partial charge in [0.15, 0.2) is 23.0 Å². The molecule has 0 fully saturated rings. The van der Waals surface area contributed by atoms with Crippen LogP contribution in [-0.4, -0.2) is 77.8 Å². The molecule has 0 bridgehead atoms. The summed E-state index contributed by atoms with van der Waals surface area (Å²) in [6.07, 6.45) is -1.41. The van der Waals surface area contributed by atoms with Gasteiger partial charge in [-0.25, -0.2) is 9.13 Å². The molecule has 0 saturated carbocycles. The third-order valence-corrected chi connectivity index (χ3v) is 6.39. The summed E-state index contributed by atoms with van der Waals surface area (Å²) in [5.41, 5.74) is 0.677. The van der Waals surface area contributed by atoms with Gasteiger partial charge in [-0.05, 0) is 35.4 Å². The standard InChI is InChI=1S/C18H24O12P2.Na.H/c1-25-14-6-5-11(7-13(14)19)8-15(29-32(23,24)30-31(20,21)22)12-9-16(26-2)18(28-4)17(10-12)27-3;;/h5-7,9-10,15,19H,8H2,1-4H3,(H,23,24)(H2,20,21,22);;/t15-;;/m1../s1. The Labute approximate surface area is 212 Å². The molecule has 180 valence electrons. The number of phenols is 1. The number of rotatable bonds is 11.